The van der Waals surface area contributed by atoms with Gasteiger partial charge in [0.25, 0.3) is 5.91 Å². The number of amides is 1. The lowest BCUT2D eigenvalue weighted by atomic mass is 10.2. The van der Waals surface area contributed by atoms with Gasteiger partial charge in [-0.3, -0.25) is 14.7 Å². The first-order valence-corrected chi connectivity index (χ1v) is 5.96. The van der Waals surface area contributed by atoms with Crippen LogP contribution in [0.1, 0.15) is 5.56 Å². The Morgan fingerprint density at radius 2 is 2.13 bits per heavy atom. The molecule has 1 aliphatic rings. The van der Waals surface area contributed by atoms with Gasteiger partial charge in [0.1, 0.15) is 6.54 Å². The molecule has 0 radical (unpaired) electrons. The van der Waals surface area contributed by atoms with E-state index >= 15 is 0 Å². The SMILES string of the molecule is CSC1=NCC(=O)N1Cc1ccccc1. The Morgan fingerprint density at radius 3 is 2.80 bits per heavy atom. The number of benzene rings is 1. The van der Waals surface area contributed by atoms with Gasteiger partial charge in [-0.2, -0.15) is 0 Å². The zero-order valence-corrected chi connectivity index (χ0v) is 9.33. The molecular weight excluding hydrogens is 208 g/mol. The van der Waals surface area contributed by atoms with Crippen LogP contribution in [0.25, 0.3) is 0 Å². The van der Waals surface area contributed by atoms with Crippen molar-refractivity contribution in [3.63, 3.8) is 0 Å². The zero-order valence-electron chi connectivity index (χ0n) is 8.51. The van der Waals surface area contributed by atoms with E-state index in [1.807, 2.05) is 36.6 Å². The van der Waals surface area contributed by atoms with E-state index in [4.69, 9.17) is 0 Å². The summed E-state index contributed by atoms with van der Waals surface area (Å²) < 4.78 is 0. The monoisotopic (exact) mass is 220 g/mol. The summed E-state index contributed by atoms with van der Waals surface area (Å²) in [4.78, 5) is 17.5. The number of nitrogens with zero attached hydrogens (tertiary/aromatic N) is 2. The number of thioether (sulfide) groups is 1. The minimum Gasteiger partial charge on any atom is -0.285 e. The molecule has 78 valence electrons. The van der Waals surface area contributed by atoms with Crippen LogP contribution in [0.3, 0.4) is 0 Å². The second-order valence-corrected chi connectivity index (χ2v) is 4.04. The molecular formula is C11H12N2OS. The third kappa shape index (κ3) is 2.21. The molecule has 0 N–H and O–H groups in total. The van der Waals surface area contributed by atoms with Gasteiger partial charge >= 0.3 is 0 Å². The number of rotatable bonds is 2. The van der Waals surface area contributed by atoms with Crippen LogP contribution in [0.15, 0.2) is 35.3 Å². The Balaban J connectivity index is 2.12. The molecule has 1 aromatic rings. The van der Waals surface area contributed by atoms with Crippen molar-refractivity contribution in [1.29, 1.82) is 0 Å². The fourth-order valence-electron chi connectivity index (χ4n) is 1.51. The fraction of sp³-hybridized carbons (Fsp3) is 0.273. The molecule has 0 saturated heterocycles. The van der Waals surface area contributed by atoms with E-state index < -0.39 is 0 Å². The Bertz CT molecular complexity index is 389. The number of carbonyl (C=O) groups excluding carboxylic acids is 1. The number of hydrogen-bond donors (Lipinski definition) is 0. The van der Waals surface area contributed by atoms with Crippen molar-refractivity contribution in [2.75, 3.05) is 12.8 Å². The van der Waals surface area contributed by atoms with E-state index in [1.165, 1.54) is 11.8 Å². The van der Waals surface area contributed by atoms with Crippen molar-refractivity contribution in [3.05, 3.63) is 35.9 Å². The molecule has 0 spiro atoms. The third-order valence-corrected chi connectivity index (χ3v) is 2.96. The molecule has 3 nitrogen and oxygen atoms in total. The highest BCUT2D eigenvalue weighted by Crippen LogP contribution is 2.15. The van der Waals surface area contributed by atoms with Crippen LogP contribution in [0.2, 0.25) is 0 Å². The lowest BCUT2D eigenvalue weighted by Gasteiger charge is -2.16. The maximum absolute atomic E-state index is 11.5. The van der Waals surface area contributed by atoms with Crippen LogP contribution in [-0.2, 0) is 11.3 Å². The number of carbonyl (C=O) groups is 1. The summed E-state index contributed by atoms with van der Waals surface area (Å²) in [7, 11) is 0. The first-order valence-electron chi connectivity index (χ1n) is 4.74. The second-order valence-electron chi connectivity index (χ2n) is 3.27. The third-order valence-electron chi connectivity index (χ3n) is 2.25. The molecule has 0 atom stereocenters. The lowest BCUT2D eigenvalue weighted by molar-refractivity contribution is -0.125. The molecule has 1 aliphatic heterocycles. The van der Waals surface area contributed by atoms with Crippen LogP contribution >= 0.6 is 11.8 Å². The fourth-order valence-corrected chi connectivity index (χ4v) is 2.09. The van der Waals surface area contributed by atoms with Crippen LogP contribution < -0.4 is 0 Å². The second kappa shape index (κ2) is 4.49. The average molecular weight is 220 g/mol. The maximum atomic E-state index is 11.5. The summed E-state index contributed by atoms with van der Waals surface area (Å²) in [6.07, 6.45) is 1.94. The normalized spacial score (nSPS) is 15.7. The highest BCUT2D eigenvalue weighted by molar-refractivity contribution is 8.13. The number of aliphatic imine (C=N–C) groups is 1. The average Bonchev–Trinajstić information content (AvgIpc) is 2.62. The Labute approximate surface area is 93.2 Å². The largest absolute Gasteiger partial charge is 0.285 e. The summed E-state index contributed by atoms with van der Waals surface area (Å²) >= 11 is 1.52. The van der Waals surface area contributed by atoms with Gasteiger partial charge in [0.2, 0.25) is 0 Å². The highest BCUT2D eigenvalue weighted by atomic mass is 32.2. The molecule has 15 heavy (non-hydrogen) atoms. The van der Waals surface area contributed by atoms with Gasteiger partial charge in [0.15, 0.2) is 5.17 Å². The van der Waals surface area contributed by atoms with E-state index in [0.717, 1.165) is 10.7 Å². The van der Waals surface area contributed by atoms with Gasteiger partial charge in [-0.15, -0.1) is 0 Å². The Morgan fingerprint density at radius 1 is 1.40 bits per heavy atom. The van der Waals surface area contributed by atoms with E-state index in [1.54, 1.807) is 4.90 Å². The minimum atomic E-state index is 0.0863. The molecule has 1 aromatic carbocycles. The van der Waals surface area contributed by atoms with Crippen LogP contribution in [-0.4, -0.2) is 28.8 Å². The molecule has 0 bridgehead atoms. The van der Waals surface area contributed by atoms with Gasteiger partial charge in [-0.25, -0.2) is 0 Å². The van der Waals surface area contributed by atoms with Crippen molar-refractivity contribution >= 4 is 22.8 Å². The number of hydrogen-bond acceptors (Lipinski definition) is 3. The van der Waals surface area contributed by atoms with Crippen LogP contribution in [0.5, 0.6) is 0 Å². The van der Waals surface area contributed by atoms with Gasteiger partial charge in [0, 0.05) is 0 Å². The Kier molecular flexibility index (Phi) is 3.06. The van der Waals surface area contributed by atoms with Gasteiger partial charge in [-0.1, -0.05) is 42.1 Å². The molecule has 0 saturated carbocycles. The smallest absolute Gasteiger partial charge is 0.250 e. The molecule has 2 rings (SSSR count). The van der Waals surface area contributed by atoms with Crippen molar-refractivity contribution < 1.29 is 4.79 Å². The number of amidine groups is 1. The molecule has 0 unspecified atom stereocenters. The van der Waals surface area contributed by atoms with E-state index in [2.05, 4.69) is 4.99 Å². The summed E-state index contributed by atoms with van der Waals surface area (Å²) in [5.41, 5.74) is 1.13. The van der Waals surface area contributed by atoms with Crippen LogP contribution in [0, 0.1) is 0 Å². The van der Waals surface area contributed by atoms with Crippen molar-refractivity contribution in [2.45, 2.75) is 6.54 Å². The van der Waals surface area contributed by atoms with E-state index in [9.17, 15) is 4.79 Å². The molecule has 0 aliphatic carbocycles. The predicted molar refractivity (Wildman–Crippen MR) is 62.8 cm³/mol. The van der Waals surface area contributed by atoms with Crippen molar-refractivity contribution in [2.24, 2.45) is 4.99 Å². The zero-order chi connectivity index (χ0) is 10.7. The molecule has 1 amide bonds. The summed E-state index contributed by atoms with van der Waals surface area (Å²) in [5, 5.41) is 0.823. The summed E-state index contributed by atoms with van der Waals surface area (Å²) in [5.74, 6) is 0.0863. The van der Waals surface area contributed by atoms with Crippen molar-refractivity contribution in [1.82, 2.24) is 4.90 Å². The highest BCUT2D eigenvalue weighted by Gasteiger charge is 2.24. The molecule has 0 aromatic heterocycles. The predicted octanol–water partition coefficient (Wildman–Crippen LogP) is 1.75. The lowest BCUT2D eigenvalue weighted by Crippen LogP contribution is -2.30. The van der Waals surface area contributed by atoms with E-state index in [0.29, 0.717) is 13.1 Å². The summed E-state index contributed by atoms with van der Waals surface area (Å²) in [6, 6.07) is 9.96. The topological polar surface area (TPSA) is 32.7 Å². The standard InChI is InChI=1S/C11H12N2OS/c1-15-11-12-7-10(14)13(11)8-9-5-3-2-4-6-9/h2-6H,7-8H2,1H3. The minimum absolute atomic E-state index is 0.0863. The molecule has 1 heterocycles. The molecule has 4 heteroatoms. The quantitative estimate of drug-likeness (QED) is 0.760. The van der Waals surface area contributed by atoms with E-state index in [-0.39, 0.29) is 5.91 Å². The first kappa shape index (κ1) is 10.2. The van der Waals surface area contributed by atoms with Crippen molar-refractivity contribution in [3.8, 4) is 0 Å². The van der Waals surface area contributed by atoms with Gasteiger partial charge in [-0.05, 0) is 11.8 Å². The summed E-state index contributed by atoms with van der Waals surface area (Å²) in [6.45, 7) is 0.919. The maximum Gasteiger partial charge on any atom is 0.250 e. The van der Waals surface area contributed by atoms with Crippen LogP contribution in [0.4, 0.5) is 0 Å². The van der Waals surface area contributed by atoms with Gasteiger partial charge in [0.05, 0.1) is 6.54 Å². The van der Waals surface area contributed by atoms with Gasteiger partial charge < -0.3 is 0 Å². The molecule has 0 fully saturated rings. The Hall–Kier alpha value is -1.29. The first-order chi connectivity index (χ1) is 7.31.